The van der Waals surface area contributed by atoms with Gasteiger partial charge in [0.2, 0.25) is 0 Å². The van der Waals surface area contributed by atoms with Crippen LogP contribution < -0.4 is 4.74 Å². The van der Waals surface area contributed by atoms with Gasteiger partial charge in [-0.3, -0.25) is 4.79 Å². The van der Waals surface area contributed by atoms with E-state index in [4.69, 9.17) is 14.2 Å². The summed E-state index contributed by atoms with van der Waals surface area (Å²) < 4.78 is 16.3. The van der Waals surface area contributed by atoms with E-state index in [-0.39, 0.29) is 30.7 Å². The average molecular weight is 419 g/mol. The van der Waals surface area contributed by atoms with Crippen molar-refractivity contribution in [3.8, 4) is 5.75 Å². The molecule has 4 atom stereocenters. The fourth-order valence-corrected chi connectivity index (χ4v) is 3.27. The van der Waals surface area contributed by atoms with Gasteiger partial charge in [0.15, 0.2) is 0 Å². The van der Waals surface area contributed by atoms with E-state index in [1.807, 2.05) is 62.4 Å². The quantitative estimate of drug-likeness (QED) is 0.400. The Hall–Kier alpha value is -2.15. The number of carbonyl (C=O) groups is 1. The molecule has 2 N–H and O–H groups in total. The van der Waals surface area contributed by atoms with Crippen LogP contribution in [0.4, 0.5) is 0 Å². The number of hydrogen-bond acceptors (Lipinski definition) is 6. The third kappa shape index (κ3) is 9.11. The number of aliphatic hydroxyl groups excluding tert-OH is 2. The lowest BCUT2D eigenvalue weighted by atomic mass is 9.93. The van der Waals surface area contributed by atoms with Crippen LogP contribution in [0.3, 0.4) is 0 Å². The van der Waals surface area contributed by atoms with E-state index in [9.17, 15) is 15.0 Å². The van der Waals surface area contributed by atoms with Gasteiger partial charge < -0.3 is 24.4 Å². The monoisotopic (exact) mass is 418 g/mol. The molecular formula is C24H34O6. The minimum Gasteiger partial charge on any atom is -0.491 e. The molecule has 2 rings (SSSR count). The molecule has 1 heterocycles. The molecule has 6 heteroatoms. The summed E-state index contributed by atoms with van der Waals surface area (Å²) in [5, 5.41) is 20.3. The van der Waals surface area contributed by atoms with Gasteiger partial charge in [0, 0.05) is 12.3 Å². The van der Waals surface area contributed by atoms with Gasteiger partial charge in [-0.15, -0.1) is 0 Å². The Kier molecular flexibility index (Phi) is 10.6. The zero-order chi connectivity index (χ0) is 21.8. The third-order valence-corrected chi connectivity index (χ3v) is 4.78. The molecule has 1 fully saturated rings. The number of carbonyl (C=O) groups excluding carboxylic acids is 1. The lowest BCUT2D eigenvalue weighted by Crippen LogP contribution is -2.23. The van der Waals surface area contributed by atoms with E-state index in [1.54, 1.807) is 6.08 Å². The molecule has 0 aromatic heterocycles. The maximum atomic E-state index is 11.5. The first-order valence-corrected chi connectivity index (χ1v) is 10.6. The zero-order valence-corrected chi connectivity index (χ0v) is 17.9. The Labute approximate surface area is 179 Å². The summed E-state index contributed by atoms with van der Waals surface area (Å²) >= 11 is 0. The molecule has 0 aliphatic carbocycles. The maximum absolute atomic E-state index is 11.5. The Morgan fingerprint density at radius 2 is 1.97 bits per heavy atom. The van der Waals surface area contributed by atoms with Crippen molar-refractivity contribution in [3.05, 3.63) is 54.6 Å². The fourth-order valence-electron chi connectivity index (χ4n) is 3.27. The van der Waals surface area contributed by atoms with Crippen molar-refractivity contribution >= 4 is 5.97 Å². The Bertz CT molecular complexity index is 670. The normalized spacial score (nSPS) is 22.8. The SMILES string of the molecule is CC(C)OC(=O)CCC=CCC[C@H]1[C@@H](O)CO[C@@H]1C=C[C@@H](O)COc1ccccc1. The topological polar surface area (TPSA) is 85.2 Å². The van der Waals surface area contributed by atoms with Gasteiger partial charge in [-0.05, 0) is 45.2 Å². The van der Waals surface area contributed by atoms with Gasteiger partial charge in [0.1, 0.15) is 18.5 Å². The third-order valence-electron chi connectivity index (χ3n) is 4.78. The van der Waals surface area contributed by atoms with E-state index < -0.39 is 12.2 Å². The van der Waals surface area contributed by atoms with Crippen LogP contribution >= 0.6 is 0 Å². The number of para-hydroxylation sites is 1. The summed E-state index contributed by atoms with van der Waals surface area (Å²) in [6, 6.07) is 9.33. The predicted molar refractivity (Wildman–Crippen MR) is 115 cm³/mol. The number of hydrogen-bond donors (Lipinski definition) is 2. The molecular weight excluding hydrogens is 384 g/mol. The van der Waals surface area contributed by atoms with Crippen molar-refractivity contribution in [2.45, 2.75) is 63.9 Å². The van der Waals surface area contributed by atoms with E-state index in [1.165, 1.54) is 0 Å². The van der Waals surface area contributed by atoms with Crippen LogP contribution in [0.15, 0.2) is 54.6 Å². The van der Waals surface area contributed by atoms with Crippen LogP contribution in [0.5, 0.6) is 5.75 Å². The summed E-state index contributed by atoms with van der Waals surface area (Å²) in [5.74, 6) is 0.493. The molecule has 0 spiro atoms. The van der Waals surface area contributed by atoms with Crippen LogP contribution in [-0.2, 0) is 14.3 Å². The van der Waals surface area contributed by atoms with Crippen molar-refractivity contribution in [2.75, 3.05) is 13.2 Å². The highest BCUT2D eigenvalue weighted by molar-refractivity contribution is 5.69. The van der Waals surface area contributed by atoms with Crippen LogP contribution in [0.2, 0.25) is 0 Å². The number of esters is 1. The number of aliphatic hydroxyl groups is 2. The number of benzene rings is 1. The molecule has 6 nitrogen and oxygen atoms in total. The average Bonchev–Trinajstić information content (AvgIpc) is 3.07. The summed E-state index contributed by atoms with van der Waals surface area (Å²) in [4.78, 5) is 11.5. The first-order valence-electron chi connectivity index (χ1n) is 10.6. The molecule has 1 aromatic rings. The van der Waals surface area contributed by atoms with Crippen LogP contribution in [-0.4, -0.2) is 53.8 Å². The first kappa shape index (κ1) is 24.1. The highest BCUT2D eigenvalue weighted by Crippen LogP contribution is 2.27. The molecule has 1 saturated heterocycles. The smallest absolute Gasteiger partial charge is 0.306 e. The Morgan fingerprint density at radius 3 is 2.70 bits per heavy atom. The van der Waals surface area contributed by atoms with Crippen LogP contribution in [0.1, 0.15) is 39.5 Å². The van der Waals surface area contributed by atoms with Crippen LogP contribution in [0.25, 0.3) is 0 Å². The molecule has 1 aromatic carbocycles. The van der Waals surface area contributed by atoms with Crippen molar-refractivity contribution < 1.29 is 29.2 Å². The van der Waals surface area contributed by atoms with E-state index in [0.717, 1.165) is 12.8 Å². The molecule has 30 heavy (non-hydrogen) atoms. The van der Waals surface area contributed by atoms with Gasteiger partial charge in [-0.25, -0.2) is 0 Å². The summed E-state index contributed by atoms with van der Waals surface area (Å²) in [6.45, 7) is 4.12. The number of ether oxygens (including phenoxy) is 3. The molecule has 1 aliphatic rings. The number of rotatable bonds is 12. The van der Waals surface area contributed by atoms with E-state index in [0.29, 0.717) is 25.2 Å². The zero-order valence-electron chi connectivity index (χ0n) is 17.9. The molecule has 166 valence electrons. The maximum Gasteiger partial charge on any atom is 0.306 e. The van der Waals surface area contributed by atoms with E-state index >= 15 is 0 Å². The van der Waals surface area contributed by atoms with Crippen molar-refractivity contribution in [1.82, 2.24) is 0 Å². The molecule has 1 aliphatic heterocycles. The second kappa shape index (κ2) is 13.2. The lowest BCUT2D eigenvalue weighted by Gasteiger charge is -2.17. The minimum atomic E-state index is -0.752. The van der Waals surface area contributed by atoms with Crippen LogP contribution in [0, 0.1) is 5.92 Å². The predicted octanol–water partition coefficient (Wildman–Crippen LogP) is 3.43. The van der Waals surface area contributed by atoms with E-state index in [2.05, 4.69) is 0 Å². The summed E-state index contributed by atoms with van der Waals surface area (Å²) in [5.41, 5.74) is 0. The molecule has 0 radical (unpaired) electrons. The van der Waals surface area contributed by atoms with Crippen molar-refractivity contribution in [3.63, 3.8) is 0 Å². The lowest BCUT2D eigenvalue weighted by molar-refractivity contribution is -0.147. The first-order chi connectivity index (χ1) is 14.5. The summed E-state index contributed by atoms with van der Waals surface area (Å²) in [7, 11) is 0. The van der Waals surface area contributed by atoms with Gasteiger partial charge in [0.05, 0.1) is 24.9 Å². The Balaban J connectivity index is 1.70. The van der Waals surface area contributed by atoms with Gasteiger partial charge >= 0.3 is 5.97 Å². The molecule has 0 unspecified atom stereocenters. The fraction of sp³-hybridized carbons (Fsp3) is 0.542. The largest absolute Gasteiger partial charge is 0.491 e. The van der Waals surface area contributed by atoms with Gasteiger partial charge in [-0.1, -0.05) is 42.5 Å². The molecule has 0 amide bonds. The highest BCUT2D eigenvalue weighted by Gasteiger charge is 2.33. The number of allylic oxidation sites excluding steroid dienone is 2. The van der Waals surface area contributed by atoms with Crippen molar-refractivity contribution in [1.29, 1.82) is 0 Å². The van der Waals surface area contributed by atoms with Crippen molar-refractivity contribution in [2.24, 2.45) is 5.92 Å². The van der Waals surface area contributed by atoms with Gasteiger partial charge in [-0.2, -0.15) is 0 Å². The standard InChI is InChI=1S/C24H34O6/c1-18(2)30-24(27)13-9-4-3-8-12-21-22(26)17-29-23(21)15-14-19(25)16-28-20-10-6-5-7-11-20/h3-7,10-11,14-15,18-19,21-23,25-26H,8-9,12-13,16-17H2,1-2H3/t19-,21+,22+,23-/m1/s1. The Morgan fingerprint density at radius 1 is 1.23 bits per heavy atom. The second-order valence-corrected chi connectivity index (χ2v) is 7.73. The molecule has 0 saturated carbocycles. The minimum absolute atomic E-state index is 0.0287. The highest BCUT2D eigenvalue weighted by atomic mass is 16.5. The molecule has 0 bridgehead atoms. The summed E-state index contributed by atoms with van der Waals surface area (Å²) in [6.07, 6.45) is 8.44. The second-order valence-electron chi connectivity index (χ2n) is 7.73. The van der Waals surface area contributed by atoms with Gasteiger partial charge in [0.25, 0.3) is 0 Å².